The van der Waals surface area contributed by atoms with Gasteiger partial charge in [-0.05, 0) is 12.8 Å². The normalized spacial score (nSPS) is 29.1. The van der Waals surface area contributed by atoms with Gasteiger partial charge in [0.2, 0.25) is 0 Å². The Morgan fingerprint density at radius 1 is 1.31 bits per heavy atom. The Balaban J connectivity index is 1.83. The van der Waals surface area contributed by atoms with Crippen LogP contribution in [0, 0.1) is 0 Å². The Labute approximate surface area is 96.6 Å². The molecular weight excluding hydrogens is 206 g/mol. The van der Waals surface area contributed by atoms with Crippen LogP contribution in [0.3, 0.4) is 0 Å². The van der Waals surface area contributed by atoms with Crippen molar-refractivity contribution in [2.75, 3.05) is 19.7 Å². The van der Waals surface area contributed by atoms with E-state index in [1.807, 2.05) is 0 Å². The second-order valence-corrected chi connectivity index (χ2v) is 4.88. The number of ether oxygens (including phenoxy) is 1. The van der Waals surface area contributed by atoms with Crippen LogP contribution >= 0.6 is 0 Å². The summed E-state index contributed by atoms with van der Waals surface area (Å²) in [5.74, 6) is -0.754. The van der Waals surface area contributed by atoms with E-state index < -0.39 is 5.97 Å². The number of carboxylic acids is 1. The highest BCUT2D eigenvalue weighted by Crippen LogP contribution is 2.24. The van der Waals surface area contributed by atoms with Crippen molar-refractivity contribution in [3.05, 3.63) is 0 Å². The topological polar surface area (TPSA) is 49.8 Å². The second-order valence-electron chi connectivity index (χ2n) is 4.88. The van der Waals surface area contributed by atoms with E-state index in [4.69, 9.17) is 9.84 Å². The molecule has 0 radical (unpaired) electrons. The van der Waals surface area contributed by atoms with Crippen LogP contribution in [0.15, 0.2) is 0 Å². The van der Waals surface area contributed by atoms with Crippen molar-refractivity contribution in [1.82, 2.24) is 4.90 Å². The minimum absolute atomic E-state index is 0.104. The van der Waals surface area contributed by atoms with Crippen LogP contribution in [0.5, 0.6) is 0 Å². The van der Waals surface area contributed by atoms with Gasteiger partial charge in [0.25, 0.3) is 0 Å². The van der Waals surface area contributed by atoms with E-state index in [0.717, 1.165) is 13.1 Å². The average molecular weight is 227 g/mol. The molecule has 1 unspecified atom stereocenters. The molecule has 1 atom stereocenters. The Hall–Kier alpha value is -0.610. The molecule has 4 nitrogen and oxygen atoms in total. The molecule has 0 amide bonds. The third-order valence-electron chi connectivity index (χ3n) is 3.66. The average Bonchev–Trinajstić information content (AvgIpc) is 2.30. The first-order valence-corrected chi connectivity index (χ1v) is 6.33. The summed E-state index contributed by atoms with van der Waals surface area (Å²) in [5, 5.41) is 8.76. The number of rotatable bonds is 3. The molecule has 92 valence electrons. The Morgan fingerprint density at radius 2 is 2.06 bits per heavy atom. The van der Waals surface area contributed by atoms with Crippen molar-refractivity contribution in [3.8, 4) is 0 Å². The zero-order valence-corrected chi connectivity index (χ0v) is 9.73. The van der Waals surface area contributed by atoms with E-state index in [-0.39, 0.29) is 12.5 Å². The van der Waals surface area contributed by atoms with Gasteiger partial charge in [-0.3, -0.25) is 9.69 Å². The summed E-state index contributed by atoms with van der Waals surface area (Å²) in [5.41, 5.74) is 0. The van der Waals surface area contributed by atoms with Crippen molar-refractivity contribution in [2.45, 2.75) is 50.7 Å². The molecule has 1 N–H and O–H groups in total. The lowest BCUT2D eigenvalue weighted by Crippen LogP contribution is -2.48. The number of hydrogen-bond acceptors (Lipinski definition) is 3. The zero-order valence-electron chi connectivity index (χ0n) is 9.73. The van der Waals surface area contributed by atoms with Crippen LogP contribution in [-0.4, -0.2) is 47.8 Å². The van der Waals surface area contributed by atoms with Gasteiger partial charge in [0.15, 0.2) is 0 Å². The molecule has 2 fully saturated rings. The third kappa shape index (κ3) is 3.19. The first-order chi connectivity index (χ1) is 7.75. The quantitative estimate of drug-likeness (QED) is 0.793. The molecule has 1 aliphatic carbocycles. The lowest BCUT2D eigenvalue weighted by atomic mass is 9.93. The maximum absolute atomic E-state index is 10.7. The molecule has 1 saturated heterocycles. The van der Waals surface area contributed by atoms with Gasteiger partial charge >= 0.3 is 5.97 Å². The highest BCUT2D eigenvalue weighted by molar-refractivity contribution is 5.67. The smallest absolute Gasteiger partial charge is 0.306 e. The largest absolute Gasteiger partial charge is 0.481 e. The van der Waals surface area contributed by atoms with Crippen molar-refractivity contribution in [3.63, 3.8) is 0 Å². The summed E-state index contributed by atoms with van der Waals surface area (Å²) in [7, 11) is 0. The van der Waals surface area contributed by atoms with E-state index >= 15 is 0 Å². The number of morpholine rings is 1. The number of nitrogens with zero attached hydrogens (tertiary/aromatic N) is 1. The SMILES string of the molecule is O=C(O)CC1CN(C2CCCCC2)CCO1. The van der Waals surface area contributed by atoms with E-state index in [1.165, 1.54) is 32.1 Å². The number of hydrogen-bond donors (Lipinski definition) is 1. The molecule has 1 aliphatic heterocycles. The number of aliphatic carboxylic acids is 1. The molecule has 0 spiro atoms. The van der Waals surface area contributed by atoms with E-state index in [1.54, 1.807) is 0 Å². The predicted octanol–water partition coefficient (Wildman–Crippen LogP) is 1.49. The predicted molar refractivity (Wildman–Crippen MR) is 60.4 cm³/mol. The zero-order chi connectivity index (χ0) is 11.4. The fourth-order valence-corrected chi connectivity index (χ4v) is 2.84. The van der Waals surface area contributed by atoms with Crippen molar-refractivity contribution < 1.29 is 14.6 Å². The van der Waals surface area contributed by atoms with E-state index in [0.29, 0.717) is 12.6 Å². The third-order valence-corrected chi connectivity index (χ3v) is 3.66. The summed E-state index contributed by atoms with van der Waals surface area (Å²) in [6.45, 7) is 2.46. The fourth-order valence-electron chi connectivity index (χ4n) is 2.84. The first kappa shape index (κ1) is 11.9. The summed E-state index contributed by atoms with van der Waals surface area (Å²) < 4.78 is 5.49. The summed E-state index contributed by atoms with van der Waals surface area (Å²) >= 11 is 0. The van der Waals surface area contributed by atoms with Gasteiger partial charge in [-0.25, -0.2) is 0 Å². The van der Waals surface area contributed by atoms with Crippen LogP contribution in [0.2, 0.25) is 0 Å². The van der Waals surface area contributed by atoms with Crippen molar-refractivity contribution >= 4 is 5.97 Å². The summed E-state index contributed by atoms with van der Waals surface area (Å²) in [6.07, 6.45) is 6.60. The number of carboxylic acid groups (broad SMARTS) is 1. The van der Waals surface area contributed by atoms with Crippen LogP contribution in [-0.2, 0) is 9.53 Å². The molecule has 2 aliphatic rings. The lowest BCUT2D eigenvalue weighted by molar-refractivity contribution is -0.142. The minimum Gasteiger partial charge on any atom is -0.481 e. The molecular formula is C12H21NO3. The van der Waals surface area contributed by atoms with Gasteiger partial charge in [-0.2, -0.15) is 0 Å². The maximum atomic E-state index is 10.7. The first-order valence-electron chi connectivity index (χ1n) is 6.33. The van der Waals surface area contributed by atoms with E-state index in [9.17, 15) is 4.79 Å². The second kappa shape index (κ2) is 5.64. The van der Waals surface area contributed by atoms with Crippen molar-refractivity contribution in [2.24, 2.45) is 0 Å². The molecule has 0 aromatic carbocycles. The molecule has 0 bridgehead atoms. The van der Waals surface area contributed by atoms with Crippen LogP contribution < -0.4 is 0 Å². The highest BCUT2D eigenvalue weighted by atomic mass is 16.5. The fraction of sp³-hybridized carbons (Fsp3) is 0.917. The highest BCUT2D eigenvalue weighted by Gasteiger charge is 2.28. The van der Waals surface area contributed by atoms with Crippen LogP contribution in [0.25, 0.3) is 0 Å². The van der Waals surface area contributed by atoms with E-state index in [2.05, 4.69) is 4.90 Å². The molecule has 1 saturated carbocycles. The minimum atomic E-state index is -0.754. The van der Waals surface area contributed by atoms with Gasteiger partial charge in [0, 0.05) is 19.1 Å². The van der Waals surface area contributed by atoms with Gasteiger partial charge in [0.05, 0.1) is 19.1 Å². The Kier molecular flexibility index (Phi) is 4.18. The Bertz CT molecular complexity index is 238. The standard InChI is InChI=1S/C12H21NO3/c14-12(15)8-11-9-13(6-7-16-11)10-4-2-1-3-5-10/h10-11H,1-9H2,(H,14,15). The van der Waals surface area contributed by atoms with Gasteiger partial charge < -0.3 is 9.84 Å². The molecule has 4 heteroatoms. The van der Waals surface area contributed by atoms with Crippen LogP contribution in [0.1, 0.15) is 38.5 Å². The lowest BCUT2D eigenvalue weighted by Gasteiger charge is -2.39. The monoisotopic (exact) mass is 227 g/mol. The van der Waals surface area contributed by atoms with Crippen LogP contribution in [0.4, 0.5) is 0 Å². The van der Waals surface area contributed by atoms with Gasteiger partial charge in [-0.1, -0.05) is 19.3 Å². The molecule has 0 aromatic heterocycles. The molecule has 16 heavy (non-hydrogen) atoms. The molecule has 0 aromatic rings. The van der Waals surface area contributed by atoms with Crippen molar-refractivity contribution in [1.29, 1.82) is 0 Å². The molecule has 1 heterocycles. The summed E-state index contributed by atoms with van der Waals surface area (Å²) in [4.78, 5) is 13.1. The number of carbonyl (C=O) groups is 1. The Morgan fingerprint density at radius 3 is 2.75 bits per heavy atom. The maximum Gasteiger partial charge on any atom is 0.306 e. The summed E-state index contributed by atoms with van der Waals surface area (Å²) in [6, 6.07) is 0.675. The van der Waals surface area contributed by atoms with Gasteiger partial charge in [-0.15, -0.1) is 0 Å². The van der Waals surface area contributed by atoms with Gasteiger partial charge in [0.1, 0.15) is 0 Å². The molecule has 2 rings (SSSR count).